The lowest BCUT2D eigenvalue weighted by molar-refractivity contribution is 0.00432. The molecule has 386 valence electrons. The number of hydrogen-bond donors (Lipinski definition) is 6. The molecular weight excluding hydrogens is 945 g/mol. The smallest absolute Gasteiger partial charge is 0.259 e. The minimum absolute atomic E-state index is 0.0935. The minimum atomic E-state index is -0.677. The standard InChI is InChI=1S/C25H31N7O5.C24H29N7O5/c1-15-17(4-6-20(26)28-15)24(34)30-25-29-21-18(23-27-7-8-32(23)25)3-5-19(22(21)35-2)37-14-16(33)13-31-9-11-36-12-10-31;1-34-21-18(36-14-16(32)13-30-8-10-35-11-9-30)4-3-17-20(21)28-24(31-7-6-26-22(17)31)29-23(33)15-2-5-19(25)27-12-15/h3-6,16,33H,7-14H2,1-2H3,(H2,26,28)(H,29,30,34);2-5,12,16,32H,6-11,13-14H2,1H3,(H2,25,27)(H,28,29,33)/t16-;/m1./s1. The molecule has 6 aliphatic heterocycles. The van der Waals surface area contributed by atoms with Crippen LogP contribution in [0.25, 0.3) is 0 Å². The highest BCUT2D eigenvalue weighted by Crippen LogP contribution is 2.44. The molecule has 2 atom stereocenters. The van der Waals surface area contributed by atoms with Crippen molar-refractivity contribution in [2.24, 2.45) is 20.0 Å². The topological polar surface area (TPSA) is 294 Å². The zero-order chi connectivity index (χ0) is 51.0. The first-order chi connectivity index (χ1) is 35.5. The molecule has 2 aromatic heterocycles. The number of aliphatic imine (C=N–C) groups is 4. The van der Waals surface area contributed by atoms with Gasteiger partial charge in [-0.1, -0.05) is 0 Å². The van der Waals surface area contributed by atoms with Crippen LogP contribution in [0.2, 0.25) is 0 Å². The molecule has 0 bridgehead atoms. The Hall–Kier alpha value is -7.48. The number of carbonyl (C=O) groups is 2. The average molecular weight is 1010 g/mol. The van der Waals surface area contributed by atoms with Crippen LogP contribution in [0.5, 0.6) is 23.0 Å². The van der Waals surface area contributed by atoms with E-state index < -0.39 is 12.2 Å². The molecule has 2 saturated heterocycles. The number of nitrogens with one attached hydrogen (secondary N) is 2. The summed E-state index contributed by atoms with van der Waals surface area (Å²) in [6.45, 7) is 11.0. The van der Waals surface area contributed by atoms with Crippen LogP contribution in [0, 0.1) is 6.92 Å². The number of methoxy groups -OCH3 is 2. The summed E-state index contributed by atoms with van der Waals surface area (Å²) in [7, 11) is 3.07. The lowest BCUT2D eigenvalue weighted by atomic mass is 10.1. The number of guanidine groups is 2. The molecule has 6 aliphatic rings. The Balaban J connectivity index is 0.000000180. The second kappa shape index (κ2) is 22.9. The maximum absolute atomic E-state index is 13.1. The Morgan fingerprint density at radius 3 is 1.63 bits per heavy atom. The van der Waals surface area contributed by atoms with Crippen molar-refractivity contribution in [1.29, 1.82) is 0 Å². The second-order valence-electron chi connectivity index (χ2n) is 17.6. The van der Waals surface area contributed by atoms with Gasteiger partial charge in [0.1, 0.15) is 60.1 Å². The number of nitrogen functional groups attached to an aromatic ring is 2. The summed E-state index contributed by atoms with van der Waals surface area (Å²) in [4.78, 5) is 60.8. The first-order valence-corrected chi connectivity index (χ1v) is 24.0. The van der Waals surface area contributed by atoms with E-state index in [9.17, 15) is 19.8 Å². The molecule has 0 saturated carbocycles. The van der Waals surface area contributed by atoms with Crippen LogP contribution in [0.1, 0.15) is 37.5 Å². The van der Waals surface area contributed by atoms with E-state index in [-0.39, 0.29) is 25.0 Å². The maximum atomic E-state index is 13.1. The predicted octanol–water partition coefficient (Wildman–Crippen LogP) is 0.784. The van der Waals surface area contributed by atoms with E-state index in [1.807, 2.05) is 21.9 Å². The van der Waals surface area contributed by atoms with Crippen molar-refractivity contribution in [2.75, 3.05) is 131 Å². The van der Waals surface area contributed by atoms with Crippen molar-refractivity contribution in [1.82, 2.24) is 40.2 Å². The van der Waals surface area contributed by atoms with Crippen molar-refractivity contribution >= 4 is 58.4 Å². The summed E-state index contributed by atoms with van der Waals surface area (Å²) in [6.07, 6.45) is 0.0597. The molecule has 2 amide bonds. The molecule has 8 N–H and O–H groups in total. The van der Waals surface area contributed by atoms with Crippen LogP contribution in [0.15, 0.2) is 74.7 Å². The molecule has 0 radical (unpaired) electrons. The highest BCUT2D eigenvalue weighted by molar-refractivity contribution is 6.21. The number of morpholine rings is 2. The van der Waals surface area contributed by atoms with E-state index in [0.717, 1.165) is 37.3 Å². The zero-order valence-corrected chi connectivity index (χ0v) is 41.0. The fourth-order valence-electron chi connectivity index (χ4n) is 8.94. The summed E-state index contributed by atoms with van der Waals surface area (Å²) in [6, 6.07) is 13.7. The van der Waals surface area contributed by atoms with Crippen LogP contribution in [0.3, 0.4) is 0 Å². The Bertz CT molecular complexity index is 2800. The molecule has 10 rings (SSSR count). The number of fused-ring (bicyclic) bond motifs is 6. The molecule has 1 unspecified atom stereocenters. The quantitative estimate of drug-likeness (QED) is 0.102. The zero-order valence-electron chi connectivity index (χ0n) is 41.0. The average Bonchev–Trinajstić information content (AvgIpc) is 4.11. The monoisotopic (exact) mass is 1000 g/mol. The van der Waals surface area contributed by atoms with Crippen LogP contribution in [-0.2, 0) is 9.47 Å². The summed E-state index contributed by atoms with van der Waals surface area (Å²) >= 11 is 0. The largest absolute Gasteiger partial charge is 0.491 e. The number of carbonyl (C=O) groups excluding carboxylic acids is 2. The molecule has 0 spiro atoms. The Morgan fingerprint density at radius 1 is 0.671 bits per heavy atom. The molecule has 8 heterocycles. The first-order valence-electron chi connectivity index (χ1n) is 24.0. The van der Waals surface area contributed by atoms with E-state index in [4.69, 9.17) is 49.9 Å². The number of aliphatic hydroxyl groups excluding tert-OH is 2. The van der Waals surface area contributed by atoms with Gasteiger partial charge in [-0.15, -0.1) is 0 Å². The number of ether oxygens (including phenoxy) is 6. The van der Waals surface area contributed by atoms with Crippen molar-refractivity contribution in [3.05, 3.63) is 82.7 Å². The number of β-amino-alcohol motifs (C(OH)–C–C–N with tert-alkyl or cyclic N) is 2. The Labute approximate surface area is 421 Å². The fraction of sp³-hybridized carbons (Fsp3) is 0.429. The molecule has 2 fully saturated rings. The first kappa shape index (κ1) is 50.5. The SMILES string of the molecule is COc1c(OCC(O)CN2CCOCC2)ccc2c1N=C(NC(=O)c1ccc(N)nc1)N1CCN=C21.COc1c(OC[C@H](O)CN2CCOCC2)ccc2c1N=C(NC(=O)c1ccc(N)nc1C)N1CCN=C21. The lowest BCUT2D eigenvalue weighted by Gasteiger charge is -2.29. The number of nitrogens with zero attached hydrogens (tertiary/aromatic N) is 10. The van der Waals surface area contributed by atoms with Gasteiger partial charge >= 0.3 is 0 Å². The number of pyridine rings is 2. The number of aryl methyl sites for hydroxylation is 1. The van der Waals surface area contributed by atoms with Gasteiger partial charge in [-0.2, -0.15) is 0 Å². The van der Waals surface area contributed by atoms with Gasteiger partial charge in [0.2, 0.25) is 11.9 Å². The highest BCUT2D eigenvalue weighted by Gasteiger charge is 2.35. The molecule has 2 aromatic carbocycles. The normalized spacial score (nSPS) is 17.9. The number of amides is 2. The summed E-state index contributed by atoms with van der Waals surface area (Å²) in [5, 5.41) is 26.8. The minimum Gasteiger partial charge on any atom is -0.491 e. The lowest BCUT2D eigenvalue weighted by Crippen LogP contribution is -2.47. The van der Waals surface area contributed by atoms with Crippen LogP contribution < -0.4 is 41.0 Å². The molecule has 0 aliphatic carbocycles. The number of benzene rings is 2. The molecule has 73 heavy (non-hydrogen) atoms. The van der Waals surface area contributed by atoms with Crippen LogP contribution in [0.4, 0.5) is 23.0 Å². The third-order valence-corrected chi connectivity index (χ3v) is 12.6. The number of amidine groups is 2. The van der Waals surface area contributed by atoms with Gasteiger partial charge in [-0.3, -0.25) is 49.8 Å². The predicted molar refractivity (Wildman–Crippen MR) is 271 cm³/mol. The van der Waals surface area contributed by atoms with E-state index in [0.29, 0.717) is 152 Å². The van der Waals surface area contributed by atoms with Gasteiger partial charge in [0.15, 0.2) is 23.0 Å². The van der Waals surface area contributed by atoms with Crippen LogP contribution in [-0.4, -0.2) is 207 Å². The molecule has 24 nitrogen and oxygen atoms in total. The van der Waals surface area contributed by atoms with E-state index in [2.05, 4.69) is 40.4 Å². The molecular formula is C49H60N14O10. The third-order valence-electron chi connectivity index (χ3n) is 12.6. The van der Waals surface area contributed by atoms with Crippen LogP contribution >= 0.6 is 0 Å². The third kappa shape index (κ3) is 11.6. The van der Waals surface area contributed by atoms with E-state index >= 15 is 0 Å². The summed E-state index contributed by atoms with van der Waals surface area (Å²) in [5.41, 5.74) is 15.2. The second-order valence-corrected chi connectivity index (χ2v) is 17.6. The number of aliphatic hydroxyl groups is 2. The number of aromatic nitrogens is 2. The van der Waals surface area contributed by atoms with Crippen molar-refractivity contribution in [3.63, 3.8) is 0 Å². The molecule has 4 aromatic rings. The summed E-state index contributed by atoms with van der Waals surface area (Å²) < 4.78 is 34.0. The Morgan fingerprint density at radius 2 is 1.16 bits per heavy atom. The van der Waals surface area contributed by atoms with E-state index in [1.54, 1.807) is 43.3 Å². The Kier molecular flexibility index (Phi) is 15.9. The van der Waals surface area contributed by atoms with Gasteiger partial charge < -0.3 is 50.1 Å². The van der Waals surface area contributed by atoms with Gasteiger partial charge in [0, 0.05) is 69.7 Å². The number of nitrogens with two attached hydrogens (primary N) is 2. The van der Waals surface area contributed by atoms with Crippen molar-refractivity contribution in [2.45, 2.75) is 19.1 Å². The van der Waals surface area contributed by atoms with Crippen molar-refractivity contribution in [3.8, 4) is 23.0 Å². The maximum Gasteiger partial charge on any atom is 0.259 e. The summed E-state index contributed by atoms with van der Waals surface area (Å²) in [5.74, 6) is 3.73. The number of hydrogen-bond acceptors (Lipinski definition) is 22. The number of rotatable bonds is 14. The van der Waals surface area contributed by atoms with Gasteiger partial charge in [-0.05, 0) is 55.5 Å². The molecule has 24 heteroatoms. The van der Waals surface area contributed by atoms with Gasteiger partial charge in [-0.25, -0.2) is 20.0 Å². The number of anilines is 2. The highest BCUT2D eigenvalue weighted by atomic mass is 16.5. The van der Waals surface area contributed by atoms with Crippen molar-refractivity contribution < 1.29 is 48.2 Å². The van der Waals surface area contributed by atoms with Gasteiger partial charge in [0.05, 0.1) is 70.6 Å². The fourth-order valence-corrected chi connectivity index (χ4v) is 8.94. The van der Waals surface area contributed by atoms with E-state index in [1.165, 1.54) is 20.4 Å². The van der Waals surface area contributed by atoms with Gasteiger partial charge in [0.25, 0.3) is 11.8 Å².